The highest BCUT2D eigenvalue weighted by Gasteiger charge is 2.28. The predicted molar refractivity (Wildman–Crippen MR) is 78.3 cm³/mol. The van der Waals surface area contributed by atoms with Gasteiger partial charge >= 0.3 is 6.09 Å². The molecule has 0 bridgehead atoms. The zero-order valence-electron chi connectivity index (χ0n) is 11.7. The Hall–Kier alpha value is -1.42. The van der Waals surface area contributed by atoms with Crippen molar-refractivity contribution in [2.45, 2.75) is 33.3 Å². The third-order valence-corrected chi connectivity index (χ3v) is 3.04. The van der Waals surface area contributed by atoms with Crippen LogP contribution in [-0.4, -0.2) is 24.8 Å². The van der Waals surface area contributed by atoms with Gasteiger partial charge in [-0.1, -0.05) is 11.6 Å². The van der Waals surface area contributed by atoms with Gasteiger partial charge in [0.25, 0.3) is 0 Å². The van der Waals surface area contributed by atoms with E-state index < -0.39 is 5.60 Å². The van der Waals surface area contributed by atoms with Crippen LogP contribution in [-0.2, 0) is 4.74 Å². The van der Waals surface area contributed by atoms with Crippen LogP contribution in [0.4, 0.5) is 16.2 Å². The Morgan fingerprint density at radius 1 is 1.42 bits per heavy atom. The van der Waals surface area contributed by atoms with Gasteiger partial charge in [0.15, 0.2) is 0 Å². The van der Waals surface area contributed by atoms with Crippen LogP contribution in [0.5, 0.6) is 0 Å². The van der Waals surface area contributed by atoms with E-state index in [9.17, 15) is 4.79 Å². The molecule has 0 unspecified atom stereocenters. The number of fused-ring (bicyclic) bond motifs is 1. The van der Waals surface area contributed by atoms with E-state index in [4.69, 9.17) is 16.3 Å². The van der Waals surface area contributed by atoms with Crippen LogP contribution in [0.2, 0.25) is 5.02 Å². The molecule has 1 aliphatic rings. The third-order valence-electron chi connectivity index (χ3n) is 2.82. The van der Waals surface area contributed by atoms with E-state index in [0.29, 0.717) is 18.1 Å². The number of halogens is 1. The number of carbonyl (C=O) groups is 1. The predicted octanol–water partition coefficient (Wildman–Crippen LogP) is 3.82. The molecule has 1 aromatic rings. The molecule has 0 fully saturated rings. The van der Waals surface area contributed by atoms with Crippen molar-refractivity contribution >= 4 is 29.1 Å². The first-order valence-electron chi connectivity index (χ1n) is 6.32. The molecule has 0 saturated heterocycles. The zero-order chi connectivity index (χ0) is 14.2. The molecule has 5 heteroatoms. The van der Waals surface area contributed by atoms with Crippen LogP contribution in [0.15, 0.2) is 12.1 Å². The van der Waals surface area contributed by atoms with Crippen molar-refractivity contribution in [3.8, 4) is 0 Å². The van der Waals surface area contributed by atoms with Crippen molar-refractivity contribution < 1.29 is 9.53 Å². The van der Waals surface area contributed by atoms with Crippen molar-refractivity contribution in [1.29, 1.82) is 0 Å². The van der Waals surface area contributed by atoms with Gasteiger partial charge in [-0.2, -0.15) is 0 Å². The molecule has 4 nitrogen and oxygen atoms in total. The van der Waals surface area contributed by atoms with Crippen LogP contribution in [0.25, 0.3) is 0 Å². The van der Waals surface area contributed by atoms with Gasteiger partial charge < -0.3 is 10.1 Å². The summed E-state index contributed by atoms with van der Waals surface area (Å²) in [7, 11) is 0. The lowest BCUT2D eigenvalue weighted by Crippen LogP contribution is -2.42. The Morgan fingerprint density at radius 3 is 2.74 bits per heavy atom. The summed E-state index contributed by atoms with van der Waals surface area (Å²) in [6, 6.07) is 3.67. The van der Waals surface area contributed by atoms with E-state index in [1.807, 2.05) is 33.8 Å². The summed E-state index contributed by atoms with van der Waals surface area (Å²) in [5, 5.41) is 3.92. The molecular weight excluding hydrogens is 264 g/mol. The Kier molecular flexibility index (Phi) is 3.63. The fraction of sp³-hybridized carbons (Fsp3) is 0.500. The molecule has 104 valence electrons. The van der Waals surface area contributed by atoms with E-state index in [-0.39, 0.29) is 6.09 Å². The van der Waals surface area contributed by atoms with Gasteiger partial charge in [-0.05, 0) is 45.4 Å². The molecule has 1 amide bonds. The Morgan fingerprint density at radius 2 is 2.11 bits per heavy atom. The number of nitrogens with one attached hydrogen (secondary N) is 1. The zero-order valence-corrected chi connectivity index (χ0v) is 12.5. The first-order chi connectivity index (χ1) is 8.78. The molecule has 19 heavy (non-hydrogen) atoms. The first-order valence-corrected chi connectivity index (χ1v) is 6.70. The molecule has 1 heterocycles. The van der Waals surface area contributed by atoms with Crippen molar-refractivity contribution in [3.05, 3.63) is 22.7 Å². The van der Waals surface area contributed by atoms with Crippen molar-refractivity contribution in [3.63, 3.8) is 0 Å². The SMILES string of the molecule is Cc1cc(Cl)cc2c1NCCN2C(=O)OC(C)(C)C. The quantitative estimate of drug-likeness (QED) is 0.786. The molecule has 0 aromatic heterocycles. The summed E-state index contributed by atoms with van der Waals surface area (Å²) >= 11 is 6.08. The average Bonchev–Trinajstić information content (AvgIpc) is 2.25. The molecule has 0 radical (unpaired) electrons. The maximum Gasteiger partial charge on any atom is 0.414 e. The lowest BCUT2D eigenvalue weighted by atomic mass is 10.1. The summed E-state index contributed by atoms with van der Waals surface area (Å²) in [4.78, 5) is 13.9. The number of amides is 1. The maximum absolute atomic E-state index is 12.2. The van der Waals surface area contributed by atoms with E-state index in [2.05, 4.69) is 5.32 Å². The first kappa shape index (κ1) is 14.0. The molecule has 0 spiro atoms. The van der Waals surface area contributed by atoms with E-state index in [0.717, 1.165) is 16.9 Å². The van der Waals surface area contributed by atoms with Crippen molar-refractivity contribution in [2.24, 2.45) is 0 Å². The lowest BCUT2D eigenvalue weighted by Gasteiger charge is -2.33. The number of nitrogens with zero attached hydrogens (tertiary/aromatic N) is 1. The fourth-order valence-electron chi connectivity index (χ4n) is 2.09. The summed E-state index contributed by atoms with van der Waals surface area (Å²) < 4.78 is 5.43. The van der Waals surface area contributed by atoms with Crippen LogP contribution in [0.3, 0.4) is 0 Å². The maximum atomic E-state index is 12.2. The van der Waals surface area contributed by atoms with Crippen LogP contribution < -0.4 is 10.2 Å². The van der Waals surface area contributed by atoms with Crippen LogP contribution in [0.1, 0.15) is 26.3 Å². The van der Waals surface area contributed by atoms with Gasteiger partial charge in [-0.15, -0.1) is 0 Å². The van der Waals surface area contributed by atoms with Crippen molar-refractivity contribution in [1.82, 2.24) is 0 Å². The summed E-state index contributed by atoms with van der Waals surface area (Å²) in [5.41, 5.74) is 2.25. The van der Waals surface area contributed by atoms with Crippen LogP contribution >= 0.6 is 11.6 Å². The molecule has 0 saturated carbocycles. The van der Waals surface area contributed by atoms with Gasteiger partial charge in [-0.3, -0.25) is 4.90 Å². The second-order valence-corrected chi connectivity index (χ2v) is 6.11. The molecule has 1 N–H and O–H groups in total. The van der Waals surface area contributed by atoms with Crippen molar-refractivity contribution in [2.75, 3.05) is 23.3 Å². The Bertz CT molecular complexity index is 509. The van der Waals surface area contributed by atoms with E-state index >= 15 is 0 Å². The van der Waals surface area contributed by atoms with E-state index in [1.165, 1.54) is 0 Å². The minimum absolute atomic E-state index is 0.336. The number of benzene rings is 1. The van der Waals surface area contributed by atoms with Gasteiger partial charge in [0.2, 0.25) is 0 Å². The monoisotopic (exact) mass is 282 g/mol. The molecule has 1 aromatic carbocycles. The number of aryl methyl sites for hydroxylation is 1. The second kappa shape index (κ2) is 4.93. The normalized spacial score (nSPS) is 14.7. The summed E-state index contributed by atoms with van der Waals surface area (Å²) in [5.74, 6) is 0. The van der Waals surface area contributed by atoms with E-state index in [1.54, 1.807) is 11.0 Å². The van der Waals surface area contributed by atoms with Gasteiger partial charge in [-0.25, -0.2) is 4.79 Å². The molecule has 1 aliphatic heterocycles. The number of rotatable bonds is 0. The number of hydrogen-bond acceptors (Lipinski definition) is 3. The number of hydrogen-bond donors (Lipinski definition) is 1. The lowest BCUT2D eigenvalue weighted by molar-refractivity contribution is 0.0581. The molecule has 2 rings (SSSR count). The summed E-state index contributed by atoms with van der Waals surface area (Å²) in [6.07, 6.45) is -0.336. The standard InChI is InChI=1S/C14H19ClN2O2/c1-9-7-10(15)8-11-12(9)16-5-6-17(11)13(18)19-14(2,3)4/h7-8,16H,5-6H2,1-4H3. The smallest absolute Gasteiger partial charge is 0.414 e. The fourth-order valence-corrected chi connectivity index (χ4v) is 2.36. The highest BCUT2D eigenvalue weighted by Crippen LogP contribution is 2.35. The van der Waals surface area contributed by atoms with Gasteiger partial charge in [0.1, 0.15) is 5.60 Å². The Labute approximate surface area is 118 Å². The number of ether oxygens (including phenoxy) is 1. The van der Waals surface area contributed by atoms with Gasteiger partial charge in [0, 0.05) is 18.1 Å². The topological polar surface area (TPSA) is 41.6 Å². The Balaban J connectivity index is 2.34. The highest BCUT2D eigenvalue weighted by atomic mass is 35.5. The largest absolute Gasteiger partial charge is 0.443 e. The minimum Gasteiger partial charge on any atom is -0.443 e. The highest BCUT2D eigenvalue weighted by molar-refractivity contribution is 6.31. The van der Waals surface area contributed by atoms with Gasteiger partial charge in [0.05, 0.1) is 11.4 Å². The molecule has 0 atom stereocenters. The number of anilines is 2. The summed E-state index contributed by atoms with van der Waals surface area (Å²) in [6.45, 7) is 8.82. The second-order valence-electron chi connectivity index (χ2n) is 5.68. The molecular formula is C14H19ClN2O2. The number of carbonyl (C=O) groups excluding carboxylic acids is 1. The third kappa shape index (κ3) is 3.13. The minimum atomic E-state index is -0.504. The average molecular weight is 283 g/mol. The van der Waals surface area contributed by atoms with Crippen LogP contribution in [0, 0.1) is 6.92 Å². The molecule has 0 aliphatic carbocycles.